The number of amides is 3. The third-order valence-electron chi connectivity index (χ3n) is 9.77. The minimum Gasteiger partial charge on any atom is -0.345 e. The number of likely N-dealkylation sites (tertiary alicyclic amines) is 1. The van der Waals surface area contributed by atoms with Crippen LogP contribution in [0.4, 0.5) is 0 Å². The Hall–Kier alpha value is -4.76. The van der Waals surface area contributed by atoms with Gasteiger partial charge in [0.15, 0.2) is 0 Å². The number of benzene rings is 2. The minimum absolute atomic E-state index is 0.0858. The smallest absolute Gasteiger partial charge is 0.343 e. The van der Waals surface area contributed by atoms with E-state index < -0.39 is 5.41 Å². The zero-order chi connectivity index (χ0) is 32.9. The topological polar surface area (TPSA) is 147 Å². The van der Waals surface area contributed by atoms with Gasteiger partial charge in [0.25, 0.3) is 11.8 Å². The maximum absolute atomic E-state index is 13.2. The van der Waals surface area contributed by atoms with E-state index in [1.807, 2.05) is 36.4 Å². The first-order valence-electron chi connectivity index (χ1n) is 15.7. The second kappa shape index (κ2) is 11.9. The molecule has 1 saturated carbocycles. The van der Waals surface area contributed by atoms with Crippen molar-refractivity contribution in [3.8, 4) is 6.07 Å². The second-order valence-corrected chi connectivity index (χ2v) is 13.1. The molecule has 1 aliphatic heterocycles. The molecule has 6 rings (SSSR count). The van der Waals surface area contributed by atoms with Gasteiger partial charge in [-0.15, -0.1) is 0 Å². The average Bonchev–Trinajstić information content (AvgIpc) is 3.61. The average molecular weight is 625 g/mol. The van der Waals surface area contributed by atoms with Gasteiger partial charge in [0.05, 0.1) is 18.0 Å². The lowest BCUT2D eigenvalue weighted by Gasteiger charge is -2.35. The highest BCUT2D eigenvalue weighted by Gasteiger charge is 2.54. The fraction of sp³-hybridized carbons (Fsp3) is 0.471. The number of piperidine rings is 1. The van der Waals surface area contributed by atoms with Crippen molar-refractivity contribution in [3.63, 3.8) is 0 Å². The van der Waals surface area contributed by atoms with Crippen LogP contribution in [0, 0.1) is 17.2 Å². The van der Waals surface area contributed by atoms with E-state index in [9.17, 15) is 24.4 Å². The summed E-state index contributed by atoms with van der Waals surface area (Å²) in [7, 11) is 8.46. The van der Waals surface area contributed by atoms with Crippen molar-refractivity contribution in [2.24, 2.45) is 13.0 Å². The summed E-state index contributed by atoms with van der Waals surface area (Å²) in [5.41, 5.74) is 3.48. The zero-order valence-electron chi connectivity index (χ0n) is 27.0. The molecule has 12 heteroatoms. The van der Waals surface area contributed by atoms with E-state index in [0.29, 0.717) is 48.7 Å². The molecule has 0 radical (unpaired) electrons. The molecule has 2 aromatic carbocycles. The molecule has 1 aromatic heterocycles. The first kappa shape index (κ1) is 31.2. The minimum atomic E-state index is -0.971. The van der Waals surface area contributed by atoms with Crippen LogP contribution < -0.4 is 11.0 Å². The Labute approximate surface area is 268 Å². The summed E-state index contributed by atoms with van der Waals surface area (Å²) >= 11 is 0. The lowest BCUT2D eigenvalue weighted by atomic mass is 9.69. The highest BCUT2D eigenvalue weighted by atomic mass is 16.2. The highest BCUT2D eigenvalue weighted by molar-refractivity contribution is 5.95. The van der Waals surface area contributed by atoms with E-state index >= 15 is 0 Å². The number of carbonyl (C=O) groups is 3. The van der Waals surface area contributed by atoms with Crippen LogP contribution in [0.5, 0.6) is 0 Å². The Morgan fingerprint density at radius 2 is 1.59 bits per heavy atom. The van der Waals surface area contributed by atoms with Crippen LogP contribution in [-0.2, 0) is 30.1 Å². The molecule has 3 amide bonds. The SMILES string of the molecule is CN(C)C(=O)c1ccc2c(c1)CCc1cc(C(=O)N(C)C)ccc1C2(CCNCC(=O)N1C(C#N)C[C@@H]2C[C@@H]21)c1nn(C)c(=O)[nH]1. The van der Waals surface area contributed by atoms with Gasteiger partial charge in [-0.1, -0.05) is 12.1 Å². The van der Waals surface area contributed by atoms with Crippen molar-refractivity contribution in [1.29, 1.82) is 5.26 Å². The van der Waals surface area contributed by atoms with E-state index in [4.69, 9.17) is 0 Å². The molecular formula is C34H40N8O4. The maximum Gasteiger partial charge on any atom is 0.343 e. The van der Waals surface area contributed by atoms with Crippen molar-refractivity contribution >= 4 is 17.7 Å². The molecular weight excluding hydrogens is 584 g/mol. The van der Waals surface area contributed by atoms with E-state index in [0.717, 1.165) is 35.1 Å². The van der Waals surface area contributed by atoms with Gasteiger partial charge in [-0.25, -0.2) is 9.48 Å². The number of aromatic nitrogens is 3. The largest absolute Gasteiger partial charge is 0.345 e. The fourth-order valence-electron chi connectivity index (χ4n) is 7.36. The molecule has 2 aliphatic carbocycles. The summed E-state index contributed by atoms with van der Waals surface area (Å²) in [4.78, 5) is 60.0. The quantitative estimate of drug-likeness (QED) is 0.361. The van der Waals surface area contributed by atoms with E-state index in [2.05, 4.69) is 21.5 Å². The highest BCUT2D eigenvalue weighted by Crippen LogP contribution is 2.48. The summed E-state index contributed by atoms with van der Waals surface area (Å²) < 4.78 is 1.27. The van der Waals surface area contributed by atoms with Gasteiger partial charge < -0.3 is 20.0 Å². The van der Waals surface area contributed by atoms with Crippen molar-refractivity contribution in [1.82, 2.24) is 34.8 Å². The molecule has 3 aromatic rings. The molecule has 0 bridgehead atoms. The van der Waals surface area contributed by atoms with Crippen molar-refractivity contribution < 1.29 is 14.4 Å². The predicted octanol–water partition coefficient (Wildman–Crippen LogP) is 1.44. The molecule has 1 unspecified atom stereocenters. The summed E-state index contributed by atoms with van der Waals surface area (Å²) in [6, 6.07) is 13.4. The number of nitriles is 1. The molecule has 240 valence electrons. The normalized spacial score (nSPS) is 20.5. The van der Waals surface area contributed by atoms with E-state index in [-0.39, 0.29) is 42.0 Å². The van der Waals surface area contributed by atoms with Crippen LogP contribution in [-0.4, -0.2) is 101 Å². The van der Waals surface area contributed by atoms with Gasteiger partial charge >= 0.3 is 5.69 Å². The molecule has 2 fully saturated rings. The van der Waals surface area contributed by atoms with Crippen LogP contribution in [0.1, 0.15) is 68.1 Å². The Balaban J connectivity index is 1.43. The summed E-state index contributed by atoms with van der Waals surface area (Å²) in [6.07, 6.45) is 3.34. The predicted molar refractivity (Wildman–Crippen MR) is 170 cm³/mol. The van der Waals surface area contributed by atoms with Gasteiger partial charge in [0.2, 0.25) is 5.91 Å². The fourth-order valence-corrected chi connectivity index (χ4v) is 7.36. The summed E-state index contributed by atoms with van der Waals surface area (Å²) in [6.45, 7) is 0.474. The number of rotatable bonds is 8. The van der Waals surface area contributed by atoms with Crippen molar-refractivity contribution in [3.05, 3.63) is 86.1 Å². The Bertz CT molecular complexity index is 1740. The number of nitrogens with one attached hydrogen (secondary N) is 2. The Morgan fingerprint density at radius 3 is 2.09 bits per heavy atom. The van der Waals surface area contributed by atoms with E-state index in [1.165, 1.54) is 14.5 Å². The standard InChI is InChI=1S/C34H40N8O4/c1-39(2)30(44)22-8-10-26-20(14-22)6-7-21-15-23(31(45)40(3)4)9-11-27(21)34(26,32-37-33(46)41(5)38-32)12-13-36-19-29(43)42-25(18-35)16-24-17-28(24)42/h8-11,14-15,24-25,28,36H,6-7,12-13,16-17,19H2,1-5H3,(H,37,38,46)/t24-,25?,28+/m1/s1. The van der Waals surface area contributed by atoms with Crippen molar-refractivity contribution in [2.45, 2.75) is 49.6 Å². The Morgan fingerprint density at radius 1 is 1.00 bits per heavy atom. The molecule has 3 aliphatic rings. The number of fused-ring (bicyclic) bond motifs is 3. The van der Waals surface area contributed by atoms with Crippen LogP contribution in [0.15, 0.2) is 41.2 Å². The second-order valence-electron chi connectivity index (χ2n) is 13.1. The number of hydrogen-bond donors (Lipinski definition) is 2. The molecule has 0 spiro atoms. The molecule has 2 N–H and O–H groups in total. The lowest BCUT2D eigenvalue weighted by Crippen LogP contribution is -2.44. The first-order chi connectivity index (χ1) is 22.0. The summed E-state index contributed by atoms with van der Waals surface area (Å²) in [5, 5.41) is 17.6. The van der Waals surface area contributed by atoms with E-state index in [1.54, 1.807) is 40.1 Å². The van der Waals surface area contributed by atoms with Crippen molar-refractivity contribution in [2.75, 3.05) is 41.3 Å². The van der Waals surface area contributed by atoms with Gasteiger partial charge in [0, 0.05) is 52.4 Å². The van der Waals surface area contributed by atoms with Crippen LogP contribution >= 0.6 is 0 Å². The van der Waals surface area contributed by atoms with Gasteiger partial charge in [-0.2, -0.15) is 10.4 Å². The third-order valence-corrected chi connectivity index (χ3v) is 9.77. The molecule has 3 atom stereocenters. The number of H-pyrrole nitrogens is 1. The van der Waals surface area contributed by atoms with Gasteiger partial charge in [-0.3, -0.25) is 19.4 Å². The van der Waals surface area contributed by atoms with Crippen LogP contribution in [0.2, 0.25) is 0 Å². The number of nitrogens with zero attached hydrogens (tertiary/aromatic N) is 6. The lowest BCUT2D eigenvalue weighted by molar-refractivity contribution is -0.131. The first-order valence-corrected chi connectivity index (χ1v) is 15.7. The van der Waals surface area contributed by atoms with Gasteiger partial charge in [0.1, 0.15) is 11.9 Å². The molecule has 1 saturated heterocycles. The van der Waals surface area contributed by atoms with Crippen LogP contribution in [0.25, 0.3) is 0 Å². The van der Waals surface area contributed by atoms with Gasteiger partial charge in [-0.05, 0) is 91.1 Å². The number of aromatic amines is 1. The van der Waals surface area contributed by atoms with Crippen LogP contribution in [0.3, 0.4) is 0 Å². The summed E-state index contributed by atoms with van der Waals surface area (Å²) in [5.74, 6) is 0.565. The maximum atomic E-state index is 13.2. The monoisotopic (exact) mass is 624 g/mol. The third kappa shape index (κ3) is 5.28. The Kier molecular flexibility index (Phi) is 8.06. The number of carbonyl (C=O) groups excluding carboxylic acids is 3. The number of hydrogen-bond acceptors (Lipinski definition) is 7. The molecule has 46 heavy (non-hydrogen) atoms. The zero-order valence-corrected chi connectivity index (χ0v) is 27.0. The molecule has 12 nitrogen and oxygen atoms in total. The molecule has 2 heterocycles. The number of aryl methyl sites for hydroxylation is 3.